The van der Waals surface area contributed by atoms with E-state index in [2.05, 4.69) is 18.0 Å². The number of benzene rings is 1. The first-order chi connectivity index (χ1) is 10.5. The van der Waals surface area contributed by atoms with Gasteiger partial charge in [-0.2, -0.15) is 0 Å². The number of nitrogens with one attached hydrogen (secondary N) is 1. The molecule has 1 amide bonds. The van der Waals surface area contributed by atoms with Crippen LogP contribution >= 0.6 is 0 Å². The SMILES string of the molecule is Cc1cccc2c(CC(=O)N(C)CC3(O)CCCC3)c[nH]c12. The second-order valence-electron chi connectivity index (χ2n) is 6.67. The maximum Gasteiger partial charge on any atom is 0.226 e. The van der Waals surface area contributed by atoms with Gasteiger partial charge in [-0.15, -0.1) is 0 Å². The van der Waals surface area contributed by atoms with Crippen LogP contribution < -0.4 is 0 Å². The first-order valence-electron chi connectivity index (χ1n) is 8.00. The van der Waals surface area contributed by atoms with Crippen molar-refractivity contribution in [2.45, 2.75) is 44.6 Å². The minimum Gasteiger partial charge on any atom is -0.388 e. The Balaban J connectivity index is 1.71. The van der Waals surface area contributed by atoms with Gasteiger partial charge < -0.3 is 15.0 Å². The van der Waals surface area contributed by atoms with Crippen molar-refractivity contribution in [3.8, 4) is 0 Å². The topological polar surface area (TPSA) is 56.3 Å². The molecule has 0 bridgehead atoms. The Morgan fingerprint density at radius 1 is 1.36 bits per heavy atom. The van der Waals surface area contributed by atoms with Crippen LogP contribution in [0, 0.1) is 6.92 Å². The third-order valence-electron chi connectivity index (χ3n) is 4.84. The van der Waals surface area contributed by atoms with Crippen molar-refractivity contribution < 1.29 is 9.90 Å². The summed E-state index contributed by atoms with van der Waals surface area (Å²) in [7, 11) is 1.79. The number of aromatic nitrogens is 1. The normalized spacial score (nSPS) is 17.0. The number of aromatic amines is 1. The predicted octanol–water partition coefficient (Wildman–Crippen LogP) is 2.78. The monoisotopic (exact) mass is 300 g/mol. The number of nitrogens with zero attached hydrogens (tertiary/aromatic N) is 1. The minimum absolute atomic E-state index is 0.0581. The van der Waals surface area contributed by atoms with E-state index in [0.29, 0.717) is 13.0 Å². The van der Waals surface area contributed by atoms with E-state index in [-0.39, 0.29) is 5.91 Å². The lowest BCUT2D eigenvalue weighted by atomic mass is 10.0. The van der Waals surface area contributed by atoms with Gasteiger partial charge >= 0.3 is 0 Å². The zero-order chi connectivity index (χ0) is 15.7. The van der Waals surface area contributed by atoms with Crippen molar-refractivity contribution in [1.29, 1.82) is 0 Å². The Labute approximate surface area is 131 Å². The summed E-state index contributed by atoms with van der Waals surface area (Å²) in [5, 5.41) is 11.6. The molecular weight excluding hydrogens is 276 g/mol. The molecule has 0 unspecified atom stereocenters. The number of aliphatic hydroxyl groups is 1. The molecule has 0 radical (unpaired) electrons. The number of fused-ring (bicyclic) bond motifs is 1. The Kier molecular flexibility index (Phi) is 3.96. The van der Waals surface area contributed by atoms with Crippen molar-refractivity contribution in [2.75, 3.05) is 13.6 Å². The van der Waals surface area contributed by atoms with Crippen molar-refractivity contribution in [2.24, 2.45) is 0 Å². The number of likely N-dealkylation sites (N-methyl/N-ethyl adjacent to an activating group) is 1. The van der Waals surface area contributed by atoms with Gasteiger partial charge in [-0.05, 0) is 30.9 Å². The molecule has 1 fully saturated rings. The fourth-order valence-corrected chi connectivity index (χ4v) is 3.53. The standard InChI is InChI=1S/C18H24N2O2/c1-13-6-5-7-15-14(11-19-17(13)15)10-16(21)20(2)12-18(22)8-3-4-9-18/h5-7,11,19,22H,3-4,8-10,12H2,1-2H3. The van der Waals surface area contributed by atoms with Gasteiger partial charge in [0, 0.05) is 30.7 Å². The molecule has 0 aliphatic heterocycles. The van der Waals surface area contributed by atoms with E-state index in [1.165, 1.54) is 5.56 Å². The molecule has 1 heterocycles. The molecular formula is C18H24N2O2. The van der Waals surface area contributed by atoms with Crippen molar-refractivity contribution in [3.05, 3.63) is 35.5 Å². The first kappa shape index (κ1) is 15.1. The third kappa shape index (κ3) is 2.88. The van der Waals surface area contributed by atoms with Gasteiger partial charge in [0.1, 0.15) is 0 Å². The van der Waals surface area contributed by atoms with Crippen LogP contribution in [0.3, 0.4) is 0 Å². The smallest absolute Gasteiger partial charge is 0.226 e. The van der Waals surface area contributed by atoms with Gasteiger partial charge in [0.25, 0.3) is 0 Å². The highest BCUT2D eigenvalue weighted by Gasteiger charge is 2.33. The van der Waals surface area contributed by atoms with Crippen molar-refractivity contribution >= 4 is 16.8 Å². The minimum atomic E-state index is -0.679. The van der Waals surface area contributed by atoms with E-state index >= 15 is 0 Å². The molecule has 0 spiro atoms. The maximum absolute atomic E-state index is 12.5. The summed E-state index contributed by atoms with van der Waals surface area (Å²) >= 11 is 0. The maximum atomic E-state index is 12.5. The van der Waals surface area contributed by atoms with Crippen LogP contribution in [0.5, 0.6) is 0 Å². The molecule has 3 rings (SSSR count). The van der Waals surface area contributed by atoms with Crippen LogP contribution in [0.1, 0.15) is 36.8 Å². The van der Waals surface area contributed by atoms with Crippen LogP contribution in [0.25, 0.3) is 10.9 Å². The second-order valence-corrected chi connectivity index (χ2v) is 6.67. The third-order valence-corrected chi connectivity index (χ3v) is 4.84. The summed E-state index contributed by atoms with van der Waals surface area (Å²) in [6, 6.07) is 6.13. The zero-order valence-corrected chi connectivity index (χ0v) is 13.4. The number of para-hydroxylation sites is 1. The lowest BCUT2D eigenvalue weighted by Crippen LogP contribution is -2.42. The Morgan fingerprint density at radius 3 is 2.82 bits per heavy atom. The molecule has 4 heteroatoms. The molecule has 22 heavy (non-hydrogen) atoms. The molecule has 118 valence electrons. The van der Waals surface area contributed by atoms with Gasteiger partial charge in [-0.25, -0.2) is 0 Å². The summed E-state index contributed by atoms with van der Waals surface area (Å²) in [4.78, 5) is 17.4. The number of hydrogen-bond donors (Lipinski definition) is 2. The molecule has 2 N–H and O–H groups in total. The summed E-state index contributed by atoms with van der Waals surface area (Å²) in [6.45, 7) is 2.50. The molecule has 4 nitrogen and oxygen atoms in total. The largest absolute Gasteiger partial charge is 0.388 e. The number of aryl methyl sites for hydroxylation is 1. The van der Waals surface area contributed by atoms with Crippen molar-refractivity contribution in [1.82, 2.24) is 9.88 Å². The van der Waals surface area contributed by atoms with Crippen LogP contribution in [0.2, 0.25) is 0 Å². The van der Waals surface area contributed by atoms with E-state index in [0.717, 1.165) is 42.1 Å². The molecule has 1 aromatic carbocycles. The van der Waals surface area contributed by atoms with E-state index in [9.17, 15) is 9.90 Å². The first-order valence-corrected chi connectivity index (χ1v) is 8.00. The zero-order valence-electron chi connectivity index (χ0n) is 13.4. The highest BCUT2D eigenvalue weighted by Crippen LogP contribution is 2.30. The Hall–Kier alpha value is -1.81. The highest BCUT2D eigenvalue weighted by molar-refractivity contribution is 5.90. The summed E-state index contributed by atoms with van der Waals surface area (Å²) in [5.41, 5.74) is 2.63. The van der Waals surface area contributed by atoms with Crippen LogP contribution in [0.15, 0.2) is 24.4 Å². The van der Waals surface area contributed by atoms with Gasteiger partial charge in [0.15, 0.2) is 0 Å². The molecule has 1 aliphatic rings. The van der Waals surface area contributed by atoms with Crippen LogP contribution in [-0.4, -0.2) is 40.1 Å². The molecule has 0 atom stereocenters. The fourth-order valence-electron chi connectivity index (χ4n) is 3.53. The predicted molar refractivity (Wildman–Crippen MR) is 87.8 cm³/mol. The summed E-state index contributed by atoms with van der Waals surface area (Å²) in [6.07, 6.45) is 6.01. The molecule has 2 aromatic rings. The van der Waals surface area contributed by atoms with Crippen molar-refractivity contribution in [3.63, 3.8) is 0 Å². The van der Waals surface area contributed by atoms with Gasteiger partial charge in [-0.3, -0.25) is 4.79 Å². The number of rotatable bonds is 4. The quantitative estimate of drug-likeness (QED) is 0.912. The van der Waals surface area contributed by atoms with Gasteiger partial charge in [0.05, 0.1) is 12.0 Å². The number of amides is 1. The van der Waals surface area contributed by atoms with E-state index < -0.39 is 5.60 Å². The number of hydrogen-bond acceptors (Lipinski definition) is 2. The van der Waals surface area contributed by atoms with Gasteiger partial charge in [-0.1, -0.05) is 31.0 Å². The molecule has 0 saturated heterocycles. The summed E-state index contributed by atoms with van der Waals surface area (Å²) < 4.78 is 0. The van der Waals surface area contributed by atoms with Gasteiger partial charge in [0.2, 0.25) is 5.91 Å². The molecule has 1 aliphatic carbocycles. The summed E-state index contributed by atoms with van der Waals surface area (Å²) in [5.74, 6) is 0.0581. The second kappa shape index (κ2) is 5.76. The average Bonchev–Trinajstić information content (AvgIpc) is 3.07. The van der Waals surface area contributed by atoms with E-state index in [1.54, 1.807) is 11.9 Å². The van der Waals surface area contributed by atoms with E-state index in [1.807, 2.05) is 18.3 Å². The van der Waals surface area contributed by atoms with Crippen LogP contribution in [0.4, 0.5) is 0 Å². The number of H-pyrrole nitrogens is 1. The Bertz CT molecular complexity index is 683. The molecule has 1 aromatic heterocycles. The fraction of sp³-hybridized carbons (Fsp3) is 0.500. The Morgan fingerprint density at radius 2 is 2.09 bits per heavy atom. The van der Waals surface area contributed by atoms with Crippen LogP contribution in [-0.2, 0) is 11.2 Å². The lowest BCUT2D eigenvalue weighted by Gasteiger charge is -2.28. The lowest BCUT2D eigenvalue weighted by molar-refractivity contribution is -0.132. The van der Waals surface area contributed by atoms with E-state index in [4.69, 9.17) is 0 Å². The average molecular weight is 300 g/mol. The highest BCUT2D eigenvalue weighted by atomic mass is 16.3. The number of carbonyl (C=O) groups is 1. The molecule has 1 saturated carbocycles. The number of carbonyl (C=O) groups excluding carboxylic acids is 1.